The largest absolute Gasteiger partial charge is 0.369 e. The van der Waals surface area contributed by atoms with E-state index in [0.29, 0.717) is 6.61 Å². The highest BCUT2D eigenvalue weighted by atomic mass is 16.5. The molecular formula is C15H21NO. The molecule has 1 aliphatic carbocycles. The minimum atomic E-state index is 0.133. The Labute approximate surface area is 104 Å². The van der Waals surface area contributed by atoms with Crippen molar-refractivity contribution >= 4 is 0 Å². The molecule has 0 radical (unpaired) electrons. The van der Waals surface area contributed by atoms with Gasteiger partial charge in [-0.1, -0.05) is 36.9 Å². The maximum Gasteiger partial charge on any atom is 0.0801 e. The molecule has 2 rings (SSSR count). The SMILES string of the molecule is C=C(CNC1CC1)COC(C)c1ccccc1. The maximum absolute atomic E-state index is 5.80. The van der Waals surface area contributed by atoms with Crippen LogP contribution in [0.25, 0.3) is 0 Å². The van der Waals surface area contributed by atoms with E-state index in [0.717, 1.165) is 18.2 Å². The fraction of sp³-hybridized carbons (Fsp3) is 0.467. The second-order valence-electron chi connectivity index (χ2n) is 4.77. The predicted octanol–water partition coefficient (Wildman–Crippen LogP) is 3.07. The second kappa shape index (κ2) is 5.99. The molecule has 1 N–H and O–H groups in total. The molecular weight excluding hydrogens is 210 g/mol. The van der Waals surface area contributed by atoms with Crippen molar-refractivity contribution in [1.82, 2.24) is 5.32 Å². The van der Waals surface area contributed by atoms with Crippen LogP contribution in [0.1, 0.15) is 31.4 Å². The Balaban J connectivity index is 1.68. The summed E-state index contributed by atoms with van der Waals surface area (Å²) < 4.78 is 5.80. The second-order valence-corrected chi connectivity index (χ2v) is 4.77. The van der Waals surface area contributed by atoms with Gasteiger partial charge in [-0.15, -0.1) is 0 Å². The molecule has 0 spiro atoms. The lowest BCUT2D eigenvalue weighted by Gasteiger charge is -2.14. The number of rotatable bonds is 7. The summed E-state index contributed by atoms with van der Waals surface area (Å²) in [6, 6.07) is 11.0. The Bertz CT molecular complexity index is 356. The molecule has 1 aromatic rings. The van der Waals surface area contributed by atoms with Crippen LogP contribution in [0.3, 0.4) is 0 Å². The van der Waals surface area contributed by atoms with Crippen molar-refractivity contribution in [3.8, 4) is 0 Å². The molecule has 2 nitrogen and oxygen atoms in total. The Kier molecular flexibility index (Phi) is 4.35. The van der Waals surface area contributed by atoms with Crippen molar-refractivity contribution in [3.63, 3.8) is 0 Å². The van der Waals surface area contributed by atoms with E-state index in [1.165, 1.54) is 18.4 Å². The third kappa shape index (κ3) is 4.33. The molecule has 0 aliphatic heterocycles. The van der Waals surface area contributed by atoms with Gasteiger partial charge in [0.05, 0.1) is 12.7 Å². The first kappa shape index (κ1) is 12.3. The molecule has 1 atom stereocenters. The fourth-order valence-corrected chi connectivity index (χ4v) is 1.69. The van der Waals surface area contributed by atoms with E-state index in [1.54, 1.807) is 0 Å². The first-order chi connectivity index (χ1) is 8.25. The third-order valence-corrected chi connectivity index (χ3v) is 3.02. The third-order valence-electron chi connectivity index (χ3n) is 3.02. The van der Waals surface area contributed by atoms with Crippen molar-refractivity contribution in [2.75, 3.05) is 13.2 Å². The molecule has 0 heterocycles. The number of benzene rings is 1. The van der Waals surface area contributed by atoms with Crippen molar-refractivity contribution in [3.05, 3.63) is 48.0 Å². The highest BCUT2D eigenvalue weighted by Crippen LogP contribution is 2.19. The first-order valence-corrected chi connectivity index (χ1v) is 6.32. The molecule has 1 fully saturated rings. The zero-order valence-electron chi connectivity index (χ0n) is 10.5. The summed E-state index contributed by atoms with van der Waals surface area (Å²) in [6.07, 6.45) is 2.76. The Morgan fingerprint density at radius 3 is 2.76 bits per heavy atom. The van der Waals surface area contributed by atoms with E-state index in [9.17, 15) is 0 Å². The Morgan fingerprint density at radius 2 is 2.12 bits per heavy atom. The summed E-state index contributed by atoms with van der Waals surface area (Å²) in [5.74, 6) is 0. The molecule has 1 unspecified atom stereocenters. The summed E-state index contributed by atoms with van der Waals surface area (Å²) in [6.45, 7) is 7.63. The van der Waals surface area contributed by atoms with Gasteiger partial charge in [0.1, 0.15) is 0 Å². The Morgan fingerprint density at radius 1 is 1.41 bits per heavy atom. The van der Waals surface area contributed by atoms with Gasteiger partial charge in [-0.3, -0.25) is 0 Å². The highest BCUT2D eigenvalue weighted by Gasteiger charge is 2.20. The van der Waals surface area contributed by atoms with Gasteiger partial charge in [0.15, 0.2) is 0 Å². The minimum absolute atomic E-state index is 0.133. The van der Waals surface area contributed by atoms with Crippen molar-refractivity contribution in [2.45, 2.75) is 31.9 Å². The van der Waals surface area contributed by atoms with Gasteiger partial charge in [-0.25, -0.2) is 0 Å². The Hall–Kier alpha value is -1.12. The van der Waals surface area contributed by atoms with E-state index in [4.69, 9.17) is 4.74 Å². The smallest absolute Gasteiger partial charge is 0.0801 e. The topological polar surface area (TPSA) is 21.3 Å². The summed E-state index contributed by atoms with van der Waals surface area (Å²) in [5.41, 5.74) is 2.34. The van der Waals surface area contributed by atoms with Crippen LogP contribution in [0.4, 0.5) is 0 Å². The molecule has 1 saturated carbocycles. The summed E-state index contributed by atoms with van der Waals surface area (Å²) >= 11 is 0. The minimum Gasteiger partial charge on any atom is -0.369 e. The first-order valence-electron chi connectivity index (χ1n) is 6.32. The zero-order chi connectivity index (χ0) is 12.1. The average Bonchev–Trinajstić information content (AvgIpc) is 3.18. The van der Waals surface area contributed by atoms with E-state index in [1.807, 2.05) is 18.2 Å². The van der Waals surface area contributed by atoms with Gasteiger partial charge in [-0.05, 0) is 30.9 Å². The normalized spacial score (nSPS) is 16.8. The van der Waals surface area contributed by atoms with Gasteiger partial charge in [0.25, 0.3) is 0 Å². The van der Waals surface area contributed by atoms with Crippen molar-refractivity contribution < 1.29 is 4.74 Å². The van der Waals surface area contributed by atoms with Gasteiger partial charge in [0, 0.05) is 12.6 Å². The van der Waals surface area contributed by atoms with Crippen LogP contribution in [0, 0.1) is 0 Å². The summed E-state index contributed by atoms with van der Waals surface area (Å²) in [5, 5.41) is 3.44. The van der Waals surface area contributed by atoms with Crippen LogP contribution in [0.15, 0.2) is 42.5 Å². The van der Waals surface area contributed by atoms with Gasteiger partial charge in [-0.2, -0.15) is 0 Å². The molecule has 0 amide bonds. The van der Waals surface area contributed by atoms with Crippen molar-refractivity contribution in [2.24, 2.45) is 0 Å². The lowest BCUT2D eigenvalue weighted by Crippen LogP contribution is -2.21. The van der Waals surface area contributed by atoms with E-state index in [-0.39, 0.29) is 6.10 Å². The standard InChI is InChI=1S/C15H21NO/c1-12(10-16-15-8-9-15)11-17-13(2)14-6-4-3-5-7-14/h3-7,13,15-16H,1,8-11H2,2H3. The molecule has 17 heavy (non-hydrogen) atoms. The van der Waals surface area contributed by atoms with Crippen LogP contribution in [0.5, 0.6) is 0 Å². The van der Waals surface area contributed by atoms with Crippen LogP contribution >= 0.6 is 0 Å². The fourth-order valence-electron chi connectivity index (χ4n) is 1.69. The molecule has 92 valence electrons. The lowest BCUT2D eigenvalue weighted by atomic mass is 10.1. The number of hydrogen-bond donors (Lipinski definition) is 1. The number of ether oxygens (including phenoxy) is 1. The predicted molar refractivity (Wildman–Crippen MR) is 71.0 cm³/mol. The molecule has 0 bridgehead atoms. The number of nitrogens with one attached hydrogen (secondary N) is 1. The number of hydrogen-bond acceptors (Lipinski definition) is 2. The van der Waals surface area contributed by atoms with Gasteiger partial charge < -0.3 is 10.1 Å². The summed E-state index contributed by atoms with van der Waals surface area (Å²) in [4.78, 5) is 0. The van der Waals surface area contributed by atoms with Crippen LogP contribution in [-0.4, -0.2) is 19.2 Å². The van der Waals surface area contributed by atoms with E-state index < -0.39 is 0 Å². The zero-order valence-corrected chi connectivity index (χ0v) is 10.5. The van der Waals surface area contributed by atoms with Crippen LogP contribution < -0.4 is 5.32 Å². The van der Waals surface area contributed by atoms with E-state index in [2.05, 4.69) is 31.0 Å². The maximum atomic E-state index is 5.80. The lowest BCUT2D eigenvalue weighted by molar-refractivity contribution is 0.0828. The molecule has 0 saturated heterocycles. The van der Waals surface area contributed by atoms with Gasteiger partial charge in [0.2, 0.25) is 0 Å². The quantitative estimate of drug-likeness (QED) is 0.728. The van der Waals surface area contributed by atoms with Crippen molar-refractivity contribution in [1.29, 1.82) is 0 Å². The summed E-state index contributed by atoms with van der Waals surface area (Å²) in [7, 11) is 0. The van der Waals surface area contributed by atoms with E-state index >= 15 is 0 Å². The van der Waals surface area contributed by atoms with Gasteiger partial charge >= 0.3 is 0 Å². The molecule has 2 heteroatoms. The monoisotopic (exact) mass is 231 g/mol. The molecule has 1 aromatic carbocycles. The average molecular weight is 231 g/mol. The highest BCUT2D eigenvalue weighted by molar-refractivity contribution is 5.17. The van der Waals surface area contributed by atoms with Crippen LogP contribution in [-0.2, 0) is 4.74 Å². The van der Waals surface area contributed by atoms with Crippen LogP contribution in [0.2, 0.25) is 0 Å². The molecule has 0 aromatic heterocycles. The molecule has 1 aliphatic rings.